The van der Waals surface area contributed by atoms with Gasteiger partial charge in [0.1, 0.15) is 18.0 Å². The van der Waals surface area contributed by atoms with Crippen molar-refractivity contribution in [2.45, 2.75) is 37.9 Å². The molecule has 2 aliphatic rings. The Kier molecular flexibility index (Phi) is 7.82. The zero-order valence-electron chi connectivity index (χ0n) is 18.2. The Morgan fingerprint density at radius 3 is 2.74 bits per heavy atom. The predicted molar refractivity (Wildman–Crippen MR) is 125 cm³/mol. The van der Waals surface area contributed by atoms with E-state index in [4.69, 9.17) is 26.2 Å². The van der Waals surface area contributed by atoms with Crippen LogP contribution in [0.4, 0.5) is 20.6 Å². The Morgan fingerprint density at radius 2 is 2.03 bits per heavy atom. The minimum atomic E-state index is -0.685. The standard InChI is InChI=1S/C23H24ClFN2O6S/c24-21-8-7-20(34-21)18(29)6-4-15-13-27(23(31)33-15)17-5-3-14(12-16(17)25)26-9-11-32-19(22(26)30)2-1-10-28/h3,5,7-8,12,15,19,28H,1-2,4,6,9-11,13H2/t15-,19?/m0/s1. The maximum atomic E-state index is 15.0. The van der Waals surface area contributed by atoms with Crippen molar-refractivity contribution in [3.8, 4) is 0 Å². The number of ether oxygens (including phenoxy) is 2. The number of amides is 2. The lowest BCUT2D eigenvalue weighted by Gasteiger charge is -2.32. The van der Waals surface area contributed by atoms with Crippen molar-refractivity contribution in [1.29, 1.82) is 0 Å². The minimum absolute atomic E-state index is 0.0417. The fourth-order valence-corrected chi connectivity index (χ4v) is 5.02. The van der Waals surface area contributed by atoms with Gasteiger partial charge in [0.05, 0.1) is 28.1 Å². The highest BCUT2D eigenvalue weighted by Crippen LogP contribution is 2.31. The molecule has 0 radical (unpaired) electrons. The number of thiophene rings is 1. The average Bonchev–Trinajstić information content (AvgIpc) is 3.42. The summed E-state index contributed by atoms with van der Waals surface area (Å²) < 4.78 is 26.3. The van der Waals surface area contributed by atoms with Gasteiger partial charge in [-0.15, -0.1) is 11.3 Å². The van der Waals surface area contributed by atoms with Crippen molar-refractivity contribution in [3.05, 3.63) is 45.4 Å². The SMILES string of the molecule is O=C(CC[C@H]1CN(c2ccc(N3CCOC(CCCO)C3=O)cc2F)C(=O)O1)c1ccc(Cl)s1. The number of benzene rings is 1. The second-order valence-electron chi connectivity index (χ2n) is 8.03. The number of Topliss-reactive ketones (excluding diaryl/α,β-unsaturated/α-hetero) is 1. The van der Waals surface area contributed by atoms with Crippen molar-refractivity contribution < 1.29 is 33.4 Å². The van der Waals surface area contributed by atoms with Crippen LogP contribution in [0.15, 0.2) is 30.3 Å². The van der Waals surface area contributed by atoms with Gasteiger partial charge in [0.2, 0.25) is 0 Å². The number of hydrogen-bond donors (Lipinski definition) is 1. The molecular formula is C23H24ClFN2O6S. The van der Waals surface area contributed by atoms with Gasteiger partial charge in [0.25, 0.3) is 5.91 Å². The maximum absolute atomic E-state index is 15.0. The Balaban J connectivity index is 1.39. The summed E-state index contributed by atoms with van der Waals surface area (Å²) in [6, 6.07) is 7.55. The lowest BCUT2D eigenvalue weighted by atomic mass is 10.1. The van der Waals surface area contributed by atoms with Gasteiger partial charge in [-0.3, -0.25) is 14.5 Å². The quantitative estimate of drug-likeness (QED) is 0.512. The van der Waals surface area contributed by atoms with E-state index < -0.39 is 24.1 Å². The van der Waals surface area contributed by atoms with Crippen LogP contribution in [0, 0.1) is 5.82 Å². The largest absolute Gasteiger partial charge is 0.444 e. The number of carbonyl (C=O) groups is 3. The number of cyclic esters (lactones) is 1. The maximum Gasteiger partial charge on any atom is 0.414 e. The number of anilines is 2. The molecular weight excluding hydrogens is 487 g/mol. The molecule has 0 bridgehead atoms. The van der Waals surface area contributed by atoms with Gasteiger partial charge in [0.15, 0.2) is 5.78 Å². The molecule has 2 saturated heterocycles. The minimum Gasteiger partial charge on any atom is -0.444 e. The second-order valence-corrected chi connectivity index (χ2v) is 9.75. The molecule has 1 unspecified atom stereocenters. The smallest absolute Gasteiger partial charge is 0.414 e. The van der Waals surface area contributed by atoms with E-state index in [-0.39, 0.29) is 43.5 Å². The van der Waals surface area contributed by atoms with Gasteiger partial charge < -0.3 is 19.5 Å². The number of aliphatic hydroxyl groups is 1. The van der Waals surface area contributed by atoms with Crippen LogP contribution < -0.4 is 9.80 Å². The molecule has 1 aromatic heterocycles. The summed E-state index contributed by atoms with van der Waals surface area (Å²) in [5.41, 5.74) is 0.415. The summed E-state index contributed by atoms with van der Waals surface area (Å²) >= 11 is 7.06. The molecule has 182 valence electrons. The summed E-state index contributed by atoms with van der Waals surface area (Å²) in [6.07, 6.45) is -0.591. The van der Waals surface area contributed by atoms with E-state index in [9.17, 15) is 14.4 Å². The number of carbonyl (C=O) groups excluding carboxylic acids is 3. The fraction of sp³-hybridized carbons (Fsp3) is 0.435. The molecule has 0 spiro atoms. The van der Waals surface area contributed by atoms with Gasteiger partial charge in [-0.05, 0) is 49.6 Å². The molecule has 3 heterocycles. The van der Waals surface area contributed by atoms with Crippen molar-refractivity contribution >= 4 is 52.1 Å². The number of rotatable bonds is 9. The highest BCUT2D eigenvalue weighted by molar-refractivity contribution is 7.18. The van der Waals surface area contributed by atoms with Gasteiger partial charge in [-0.1, -0.05) is 11.6 Å². The third-order valence-electron chi connectivity index (χ3n) is 5.75. The van der Waals surface area contributed by atoms with Crippen LogP contribution in [-0.4, -0.2) is 61.4 Å². The zero-order valence-corrected chi connectivity index (χ0v) is 19.8. The number of hydrogen-bond acceptors (Lipinski definition) is 7. The van der Waals surface area contributed by atoms with E-state index in [0.717, 1.165) is 0 Å². The molecule has 1 aromatic carbocycles. The Labute approximate surface area is 204 Å². The third kappa shape index (κ3) is 5.41. The van der Waals surface area contributed by atoms with Crippen LogP contribution in [0.3, 0.4) is 0 Å². The molecule has 11 heteroatoms. The van der Waals surface area contributed by atoms with Crippen LogP contribution in [0.2, 0.25) is 4.34 Å². The summed E-state index contributed by atoms with van der Waals surface area (Å²) in [7, 11) is 0. The predicted octanol–water partition coefficient (Wildman–Crippen LogP) is 4.03. The topological polar surface area (TPSA) is 96.4 Å². The van der Waals surface area contributed by atoms with Crippen LogP contribution in [0.5, 0.6) is 0 Å². The summed E-state index contributed by atoms with van der Waals surface area (Å²) in [5.74, 6) is -1.04. The Morgan fingerprint density at radius 1 is 1.21 bits per heavy atom. The molecule has 34 heavy (non-hydrogen) atoms. The fourth-order valence-electron chi connectivity index (χ4n) is 4.01. The van der Waals surface area contributed by atoms with E-state index >= 15 is 4.39 Å². The van der Waals surface area contributed by atoms with Crippen LogP contribution in [0.1, 0.15) is 35.4 Å². The summed E-state index contributed by atoms with van der Waals surface area (Å²) in [5, 5.41) is 9.00. The number of morpholine rings is 1. The Bertz CT molecular complexity index is 1080. The van der Waals surface area contributed by atoms with E-state index in [1.807, 2.05) is 0 Å². The van der Waals surface area contributed by atoms with Crippen molar-refractivity contribution in [3.63, 3.8) is 0 Å². The molecule has 0 aliphatic carbocycles. The molecule has 2 atom stereocenters. The van der Waals surface area contributed by atoms with Gasteiger partial charge in [0, 0.05) is 25.3 Å². The normalized spacial score (nSPS) is 20.7. The number of aliphatic hydroxyl groups excluding tert-OH is 1. The number of nitrogens with zero attached hydrogens (tertiary/aromatic N) is 2. The van der Waals surface area contributed by atoms with Crippen LogP contribution >= 0.6 is 22.9 Å². The molecule has 2 amide bonds. The van der Waals surface area contributed by atoms with E-state index in [2.05, 4.69) is 0 Å². The first-order chi connectivity index (χ1) is 16.4. The Hall–Kier alpha value is -2.53. The molecule has 0 saturated carbocycles. The monoisotopic (exact) mass is 510 g/mol. The lowest BCUT2D eigenvalue weighted by molar-refractivity contribution is -0.134. The summed E-state index contributed by atoms with van der Waals surface area (Å²) in [6.45, 7) is 0.666. The van der Waals surface area contributed by atoms with E-state index in [1.165, 1.54) is 33.3 Å². The molecule has 8 nitrogen and oxygen atoms in total. The lowest BCUT2D eigenvalue weighted by Crippen LogP contribution is -2.48. The van der Waals surface area contributed by atoms with Crippen molar-refractivity contribution in [1.82, 2.24) is 0 Å². The first kappa shape index (κ1) is 24.6. The highest BCUT2D eigenvalue weighted by Gasteiger charge is 2.35. The molecule has 2 aliphatic heterocycles. The zero-order chi connectivity index (χ0) is 24.2. The first-order valence-corrected chi connectivity index (χ1v) is 12.2. The summed E-state index contributed by atoms with van der Waals surface area (Å²) in [4.78, 5) is 40.5. The highest BCUT2D eigenvalue weighted by atomic mass is 35.5. The molecule has 2 fully saturated rings. The van der Waals surface area contributed by atoms with Crippen LogP contribution in [-0.2, 0) is 14.3 Å². The van der Waals surface area contributed by atoms with Gasteiger partial charge >= 0.3 is 6.09 Å². The molecule has 2 aromatic rings. The molecule has 1 N–H and O–H groups in total. The first-order valence-electron chi connectivity index (χ1n) is 11.0. The number of ketones is 1. The van der Waals surface area contributed by atoms with Crippen molar-refractivity contribution in [2.75, 3.05) is 36.1 Å². The number of halogens is 2. The molecule has 4 rings (SSSR count). The van der Waals surface area contributed by atoms with Crippen LogP contribution in [0.25, 0.3) is 0 Å². The van der Waals surface area contributed by atoms with Crippen molar-refractivity contribution in [2.24, 2.45) is 0 Å². The third-order valence-corrected chi connectivity index (χ3v) is 7.02. The average molecular weight is 511 g/mol. The van der Waals surface area contributed by atoms with Gasteiger partial charge in [-0.2, -0.15) is 0 Å². The van der Waals surface area contributed by atoms with E-state index in [1.54, 1.807) is 18.2 Å². The van der Waals surface area contributed by atoms with Gasteiger partial charge in [-0.25, -0.2) is 9.18 Å². The second kappa shape index (κ2) is 10.8. The van der Waals surface area contributed by atoms with E-state index in [0.29, 0.717) is 40.8 Å².